The maximum atomic E-state index is 6.35. The minimum absolute atomic E-state index is 0. The van der Waals surface area contributed by atoms with Gasteiger partial charge in [-0.1, -0.05) is 39.0 Å². The normalized spacial score (nSPS) is 12.0. The molecule has 0 aliphatic rings. The number of benzene rings is 3. The number of hydrogen-bond acceptors (Lipinski definition) is 3. The molecule has 208 valence electrons. The number of rotatable bonds is 5. The molecule has 0 saturated heterocycles. The summed E-state index contributed by atoms with van der Waals surface area (Å²) in [5.74, 6) is 9.31. The first-order chi connectivity index (χ1) is 19.1. The average Bonchev–Trinajstić information content (AvgIpc) is 3.26. The molecule has 0 aliphatic heterocycles. The molecule has 0 unspecified atom stereocenters. The minimum atomic E-state index is -1.98. The number of ether oxygens (including phenoxy) is 1. The Labute approximate surface area is 259 Å². The van der Waals surface area contributed by atoms with Crippen molar-refractivity contribution in [3.8, 4) is 28.6 Å². The molecule has 4 nitrogen and oxygen atoms in total. The minimum Gasteiger partial charge on any atom is -0.0645 e. The number of nitrogens with zero attached hydrogens (tertiary/aromatic N) is 3. The molecule has 0 bridgehead atoms. The van der Waals surface area contributed by atoms with Crippen LogP contribution in [0.4, 0.5) is 0 Å². The van der Waals surface area contributed by atoms with Gasteiger partial charge in [-0.25, -0.2) is 4.98 Å². The Morgan fingerprint density at radius 2 is 1.51 bits per heavy atom. The van der Waals surface area contributed by atoms with Crippen molar-refractivity contribution in [1.82, 2.24) is 14.5 Å². The number of fused-ring (bicyclic) bond motifs is 3. The second-order valence-corrected chi connectivity index (χ2v) is 23.0. The molecule has 0 aliphatic carbocycles. The van der Waals surface area contributed by atoms with Gasteiger partial charge in [0.25, 0.3) is 0 Å². The van der Waals surface area contributed by atoms with Gasteiger partial charge in [0, 0.05) is 6.20 Å². The van der Waals surface area contributed by atoms with Gasteiger partial charge in [-0.2, -0.15) is 0 Å². The van der Waals surface area contributed by atoms with E-state index in [-0.39, 0.29) is 26.5 Å². The third kappa shape index (κ3) is 5.91. The first-order valence-corrected chi connectivity index (χ1v) is 21.0. The SMILES string of the molecule is CC(C)(C)c1ccnc(-n2c3[c-]c(Oc4[c-]c(-c5c[c]([Ge]([CH3])([CH3])[CH3])ccn5)ccc4)ccc3c3ccccc32)c1.[Pt+2]. The molecular formula is C35H33GeN3OPt. The molecule has 6 rings (SSSR count). The average molecular weight is 779 g/mol. The number of pyridine rings is 2. The second-order valence-electron chi connectivity index (χ2n) is 12.3. The maximum absolute atomic E-state index is 6.35. The molecule has 6 heteroatoms. The topological polar surface area (TPSA) is 39.9 Å². The van der Waals surface area contributed by atoms with E-state index in [0.717, 1.165) is 38.9 Å². The van der Waals surface area contributed by atoms with Crippen LogP contribution < -0.4 is 9.13 Å². The summed E-state index contributed by atoms with van der Waals surface area (Å²) < 4.78 is 9.95. The molecule has 0 fully saturated rings. The van der Waals surface area contributed by atoms with Crippen molar-refractivity contribution in [2.75, 3.05) is 0 Å². The van der Waals surface area contributed by atoms with Crippen molar-refractivity contribution in [2.45, 2.75) is 43.5 Å². The molecule has 0 spiro atoms. The van der Waals surface area contributed by atoms with Crippen LogP contribution in [0.1, 0.15) is 26.3 Å². The van der Waals surface area contributed by atoms with E-state index < -0.39 is 13.3 Å². The monoisotopic (exact) mass is 780 g/mol. The van der Waals surface area contributed by atoms with E-state index in [0.29, 0.717) is 11.5 Å². The van der Waals surface area contributed by atoms with Gasteiger partial charge in [0.2, 0.25) is 0 Å². The summed E-state index contributed by atoms with van der Waals surface area (Å²) in [6, 6.07) is 34.1. The predicted octanol–water partition coefficient (Wildman–Crippen LogP) is 8.47. The molecule has 0 N–H and O–H groups in total. The van der Waals surface area contributed by atoms with E-state index >= 15 is 0 Å². The summed E-state index contributed by atoms with van der Waals surface area (Å²) in [6.45, 7) is 6.66. The zero-order valence-corrected chi connectivity index (χ0v) is 28.6. The molecule has 6 aromatic rings. The summed E-state index contributed by atoms with van der Waals surface area (Å²) in [5.41, 5.74) is 5.11. The van der Waals surface area contributed by atoms with Gasteiger partial charge >= 0.3 is 181 Å². The van der Waals surface area contributed by atoms with Gasteiger partial charge < -0.3 is 0 Å². The van der Waals surface area contributed by atoms with E-state index in [1.807, 2.05) is 36.7 Å². The first-order valence-electron chi connectivity index (χ1n) is 13.7. The Morgan fingerprint density at radius 1 is 0.756 bits per heavy atom. The molecule has 0 saturated carbocycles. The van der Waals surface area contributed by atoms with Crippen LogP contribution in [0.2, 0.25) is 17.3 Å². The van der Waals surface area contributed by atoms with Crippen molar-refractivity contribution < 1.29 is 25.8 Å². The van der Waals surface area contributed by atoms with E-state index in [1.165, 1.54) is 9.96 Å². The third-order valence-corrected chi connectivity index (χ3v) is 11.6. The number of hydrogen-bond donors (Lipinski definition) is 0. The van der Waals surface area contributed by atoms with Gasteiger partial charge in [-0.15, -0.1) is 0 Å². The van der Waals surface area contributed by atoms with Crippen molar-refractivity contribution >= 4 is 39.5 Å². The Morgan fingerprint density at radius 3 is 2.29 bits per heavy atom. The fourth-order valence-electron chi connectivity index (χ4n) is 5.00. The van der Waals surface area contributed by atoms with Crippen molar-refractivity contribution in [3.63, 3.8) is 0 Å². The summed E-state index contributed by atoms with van der Waals surface area (Å²) in [4.78, 5) is 9.40. The fraction of sp³-hybridized carbons (Fsp3) is 0.200. The van der Waals surface area contributed by atoms with Crippen LogP contribution in [-0.4, -0.2) is 27.8 Å². The van der Waals surface area contributed by atoms with Crippen LogP contribution in [0, 0.1) is 12.1 Å². The smallest absolute Gasteiger partial charge is 0.0645 e. The standard InChI is InChI=1S/C35H33GeN3O.Pt/c1-35(2,3)25-16-18-38-34(21-25)39-32-13-8-7-12-29(32)30-15-14-28(23-33(30)39)40-27-11-9-10-24(20-27)31-22-26(17-19-37-31)36(4,5)6;/h7-19,21-22H,1-6H3;/q-2;+2. The van der Waals surface area contributed by atoms with Crippen molar-refractivity contribution in [3.05, 3.63) is 109 Å². The Kier molecular flexibility index (Phi) is 8.02. The van der Waals surface area contributed by atoms with Crippen LogP contribution >= 0.6 is 0 Å². The molecule has 3 aromatic heterocycles. The van der Waals surface area contributed by atoms with Crippen LogP contribution in [0.15, 0.2) is 91.3 Å². The van der Waals surface area contributed by atoms with Crippen LogP contribution in [0.25, 0.3) is 38.9 Å². The summed E-state index contributed by atoms with van der Waals surface area (Å²) in [5, 5.41) is 2.27. The molecular weight excluding hydrogens is 746 g/mol. The number of para-hydroxylation sites is 1. The van der Waals surface area contributed by atoms with E-state index in [9.17, 15) is 0 Å². The van der Waals surface area contributed by atoms with Crippen molar-refractivity contribution in [2.24, 2.45) is 0 Å². The Bertz CT molecular complexity index is 1860. The van der Waals surface area contributed by atoms with E-state index in [1.54, 1.807) is 0 Å². The zero-order valence-electron chi connectivity index (χ0n) is 24.2. The van der Waals surface area contributed by atoms with E-state index in [4.69, 9.17) is 9.72 Å². The van der Waals surface area contributed by atoms with Gasteiger partial charge in [0.1, 0.15) is 0 Å². The zero-order chi connectivity index (χ0) is 28.1. The van der Waals surface area contributed by atoms with Gasteiger partial charge in [-0.05, 0) is 29.2 Å². The van der Waals surface area contributed by atoms with Crippen LogP contribution in [-0.2, 0) is 26.5 Å². The molecule has 0 amide bonds. The molecule has 0 atom stereocenters. The van der Waals surface area contributed by atoms with Gasteiger partial charge in [-0.3, -0.25) is 0 Å². The van der Waals surface area contributed by atoms with E-state index in [2.05, 4.69) is 114 Å². The van der Waals surface area contributed by atoms with Crippen LogP contribution in [0.3, 0.4) is 0 Å². The summed E-state index contributed by atoms with van der Waals surface area (Å²) in [7, 11) is 0. The van der Waals surface area contributed by atoms with Gasteiger partial charge in [0.15, 0.2) is 0 Å². The van der Waals surface area contributed by atoms with Crippen LogP contribution in [0.5, 0.6) is 11.5 Å². The predicted molar refractivity (Wildman–Crippen MR) is 168 cm³/mol. The molecule has 41 heavy (non-hydrogen) atoms. The van der Waals surface area contributed by atoms with Crippen molar-refractivity contribution in [1.29, 1.82) is 0 Å². The first kappa shape index (κ1) is 29.3. The molecule has 0 radical (unpaired) electrons. The third-order valence-electron chi connectivity index (χ3n) is 7.29. The molecule has 3 aromatic carbocycles. The summed E-state index contributed by atoms with van der Waals surface area (Å²) in [6.07, 6.45) is 3.80. The fourth-order valence-corrected chi connectivity index (χ4v) is 7.40. The Balaban J connectivity index is 0.00000337. The summed E-state index contributed by atoms with van der Waals surface area (Å²) >= 11 is -1.98. The molecule has 3 heterocycles. The van der Waals surface area contributed by atoms with Gasteiger partial charge in [0.05, 0.1) is 0 Å². The number of aromatic nitrogens is 3. The quantitative estimate of drug-likeness (QED) is 0.130. The Hall–Kier alpha value is -3.21. The second kappa shape index (κ2) is 11.2.